The van der Waals surface area contributed by atoms with Crippen molar-refractivity contribution in [2.45, 2.75) is 25.8 Å². The lowest BCUT2D eigenvalue weighted by atomic mass is 10.0. The number of hydrogen-bond acceptors (Lipinski definition) is 3. The summed E-state index contributed by atoms with van der Waals surface area (Å²) in [4.78, 5) is 0. The Morgan fingerprint density at radius 2 is 1.85 bits per heavy atom. The van der Waals surface area contributed by atoms with Crippen LogP contribution in [0.1, 0.15) is 31.4 Å². The van der Waals surface area contributed by atoms with Gasteiger partial charge in [-0.15, -0.1) is 0 Å². The smallest absolute Gasteiger partial charge is 0.0872 e. The first-order valence-corrected chi connectivity index (χ1v) is 4.47. The number of rotatable bonds is 4. The molecule has 0 bridgehead atoms. The van der Waals surface area contributed by atoms with E-state index in [4.69, 9.17) is 10.4 Å². The second kappa shape index (κ2) is 4.97. The molecule has 1 rings (SSSR count). The summed E-state index contributed by atoms with van der Waals surface area (Å²) in [6, 6.07) is 9.15. The zero-order valence-corrected chi connectivity index (χ0v) is 7.72. The molecule has 3 heteroatoms. The number of hydroxylamine groups is 2. The van der Waals surface area contributed by atoms with Gasteiger partial charge in [0.15, 0.2) is 0 Å². The maximum absolute atomic E-state index is 8.99. The largest absolute Gasteiger partial charge is 0.289 e. The summed E-state index contributed by atoms with van der Waals surface area (Å²) in [5, 5.41) is 18.3. The second-order valence-corrected chi connectivity index (χ2v) is 3.04. The molecule has 1 aromatic carbocycles. The topological polar surface area (TPSA) is 43.7 Å². The standard InChI is InChI=1S/C10H15NO2/c1-2-6-10(11(12)13)9-7-4-3-5-8-9/h3-5,7-8,10,12-13H,2,6H2,1H3. The van der Waals surface area contributed by atoms with E-state index in [9.17, 15) is 0 Å². The van der Waals surface area contributed by atoms with Crippen molar-refractivity contribution in [1.82, 2.24) is 5.23 Å². The molecule has 0 aliphatic carbocycles. The molecule has 3 nitrogen and oxygen atoms in total. The van der Waals surface area contributed by atoms with Crippen LogP contribution in [0.15, 0.2) is 30.3 Å². The SMILES string of the molecule is CCCC(c1ccccc1)N(O)O. The minimum atomic E-state index is -0.314. The molecule has 1 aromatic rings. The zero-order valence-electron chi connectivity index (χ0n) is 7.72. The third-order valence-electron chi connectivity index (χ3n) is 2.03. The van der Waals surface area contributed by atoms with Crippen LogP contribution < -0.4 is 0 Å². The predicted molar refractivity (Wildman–Crippen MR) is 49.5 cm³/mol. The molecule has 1 atom stereocenters. The van der Waals surface area contributed by atoms with E-state index >= 15 is 0 Å². The Morgan fingerprint density at radius 3 is 2.31 bits per heavy atom. The van der Waals surface area contributed by atoms with Crippen molar-refractivity contribution in [3.8, 4) is 0 Å². The molecule has 0 spiro atoms. The summed E-state index contributed by atoms with van der Waals surface area (Å²) in [6.45, 7) is 2.01. The minimum absolute atomic E-state index is 0.291. The summed E-state index contributed by atoms with van der Waals surface area (Å²) < 4.78 is 0. The molecule has 0 saturated carbocycles. The van der Waals surface area contributed by atoms with Crippen LogP contribution in [0.3, 0.4) is 0 Å². The van der Waals surface area contributed by atoms with E-state index in [0.29, 0.717) is 5.23 Å². The van der Waals surface area contributed by atoms with Gasteiger partial charge in [-0.3, -0.25) is 10.4 Å². The van der Waals surface area contributed by atoms with E-state index in [-0.39, 0.29) is 6.04 Å². The van der Waals surface area contributed by atoms with E-state index in [2.05, 4.69) is 0 Å². The lowest BCUT2D eigenvalue weighted by Gasteiger charge is -2.19. The maximum atomic E-state index is 8.99. The fourth-order valence-electron chi connectivity index (χ4n) is 1.36. The van der Waals surface area contributed by atoms with E-state index in [1.54, 1.807) is 0 Å². The van der Waals surface area contributed by atoms with Crippen molar-refractivity contribution >= 4 is 0 Å². The van der Waals surface area contributed by atoms with Crippen molar-refractivity contribution in [3.05, 3.63) is 35.9 Å². The number of hydrogen-bond donors (Lipinski definition) is 2. The fraction of sp³-hybridized carbons (Fsp3) is 0.400. The van der Waals surface area contributed by atoms with Crippen LogP contribution in [0.25, 0.3) is 0 Å². The van der Waals surface area contributed by atoms with Crippen LogP contribution in [0.5, 0.6) is 0 Å². The van der Waals surface area contributed by atoms with Gasteiger partial charge in [-0.1, -0.05) is 48.9 Å². The molecule has 72 valence electrons. The molecular weight excluding hydrogens is 166 g/mol. The van der Waals surface area contributed by atoms with Crippen LogP contribution in [-0.2, 0) is 0 Å². The summed E-state index contributed by atoms with van der Waals surface area (Å²) in [7, 11) is 0. The van der Waals surface area contributed by atoms with Crippen molar-refractivity contribution in [2.24, 2.45) is 0 Å². The predicted octanol–water partition coefficient (Wildman–Crippen LogP) is 2.61. The van der Waals surface area contributed by atoms with Crippen LogP contribution in [-0.4, -0.2) is 15.6 Å². The Balaban J connectivity index is 2.76. The molecular formula is C10H15NO2. The lowest BCUT2D eigenvalue weighted by Crippen LogP contribution is -2.21. The normalized spacial score (nSPS) is 13.2. The average molecular weight is 181 g/mol. The average Bonchev–Trinajstić information content (AvgIpc) is 2.15. The number of benzene rings is 1. The van der Waals surface area contributed by atoms with Crippen molar-refractivity contribution < 1.29 is 10.4 Å². The first kappa shape index (κ1) is 10.2. The fourth-order valence-corrected chi connectivity index (χ4v) is 1.36. The first-order chi connectivity index (χ1) is 6.25. The summed E-state index contributed by atoms with van der Waals surface area (Å²) in [6.07, 6.45) is 1.65. The Kier molecular flexibility index (Phi) is 3.89. The van der Waals surface area contributed by atoms with E-state index in [1.165, 1.54) is 0 Å². The zero-order chi connectivity index (χ0) is 9.68. The van der Waals surface area contributed by atoms with Gasteiger partial charge in [-0.05, 0) is 12.0 Å². The Hall–Kier alpha value is -0.900. The first-order valence-electron chi connectivity index (χ1n) is 4.47. The van der Waals surface area contributed by atoms with Gasteiger partial charge < -0.3 is 0 Å². The van der Waals surface area contributed by atoms with Gasteiger partial charge in [0.2, 0.25) is 0 Å². The highest BCUT2D eigenvalue weighted by Gasteiger charge is 2.15. The van der Waals surface area contributed by atoms with Gasteiger partial charge in [0.1, 0.15) is 0 Å². The Morgan fingerprint density at radius 1 is 1.23 bits per heavy atom. The molecule has 0 aliphatic heterocycles. The van der Waals surface area contributed by atoms with Crippen molar-refractivity contribution in [3.63, 3.8) is 0 Å². The van der Waals surface area contributed by atoms with Gasteiger partial charge in [0.05, 0.1) is 6.04 Å². The molecule has 0 aromatic heterocycles. The third kappa shape index (κ3) is 2.81. The molecule has 0 heterocycles. The van der Waals surface area contributed by atoms with E-state index in [0.717, 1.165) is 18.4 Å². The van der Waals surface area contributed by atoms with Crippen LogP contribution in [0.2, 0.25) is 0 Å². The van der Waals surface area contributed by atoms with Crippen LogP contribution >= 0.6 is 0 Å². The summed E-state index contributed by atoms with van der Waals surface area (Å²) >= 11 is 0. The second-order valence-electron chi connectivity index (χ2n) is 3.04. The van der Waals surface area contributed by atoms with Gasteiger partial charge in [-0.2, -0.15) is 0 Å². The highest BCUT2D eigenvalue weighted by molar-refractivity contribution is 5.18. The van der Waals surface area contributed by atoms with Crippen LogP contribution in [0.4, 0.5) is 0 Å². The molecule has 0 amide bonds. The quantitative estimate of drug-likeness (QED) is 0.702. The summed E-state index contributed by atoms with van der Waals surface area (Å²) in [5.74, 6) is 0. The molecule has 0 radical (unpaired) electrons. The molecule has 1 unspecified atom stereocenters. The number of nitrogens with zero attached hydrogens (tertiary/aromatic N) is 1. The third-order valence-corrected chi connectivity index (χ3v) is 2.03. The lowest BCUT2D eigenvalue weighted by molar-refractivity contribution is -0.335. The van der Waals surface area contributed by atoms with Gasteiger partial charge in [0.25, 0.3) is 0 Å². The van der Waals surface area contributed by atoms with Crippen LogP contribution in [0, 0.1) is 0 Å². The molecule has 0 fully saturated rings. The van der Waals surface area contributed by atoms with E-state index in [1.807, 2.05) is 37.3 Å². The Bertz CT molecular complexity index is 236. The minimum Gasteiger partial charge on any atom is -0.289 e. The summed E-state index contributed by atoms with van der Waals surface area (Å²) in [5.41, 5.74) is 0.925. The van der Waals surface area contributed by atoms with Gasteiger partial charge in [0, 0.05) is 0 Å². The van der Waals surface area contributed by atoms with Gasteiger partial charge >= 0.3 is 0 Å². The highest BCUT2D eigenvalue weighted by atomic mass is 16.8. The maximum Gasteiger partial charge on any atom is 0.0872 e. The monoisotopic (exact) mass is 181 g/mol. The highest BCUT2D eigenvalue weighted by Crippen LogP contribution is 2.22. The molecule has 2 N–H and O–H groups in total. The molecule has 0 saturated heterocycles. The van der Waals surface area contributed by atoms with E-state index < -0.39 is 0 Å². The van der Waals surface area contributed by atoms with Crippen molar-refractivity contribution in [2.75, 3.05) is 0 Å². The Labute approximate surface area is 78.1 Å². The molecule has 0 aliphatic rings. The molecule has 13 heavy (non-hydrogen) atoms. The van der Waals surface area contributed by atoms with Crippen molar-refractivity contribution in [1.29, 1.82) is 0 Å². The van der Waals surface area contributed by atoms with Gasteiger partial charge in [-0.25, -0.2) is 0 Å².